The van der Waals surface area contributed by atoms with Crippen molar-refractivity contribution in [1.82, 2.24) is 9.97 Å². The number of rotatable bonds is 6. The third kappa shape index (κ3) is 3.84. The average molecular weight is 472 g/mol. The summed E-state index contributed by atoms with van der Waals surface area (Å²) in [5, 5.41) is 2.50. The quantitative estimate of drug-likeness (QED) is 0.541. The molecule has 33 heavy (non-hydrogen) atoms. The van der Waals surface area contributed by atoms with Gasteiger partial charge in [0.15, 0.2) is 23.4 Å². The Balaban J connectivity index is 1.63. The second kappa shape index (κ2) is 8.00. The number of carbonyl (C=O) groups is 2. The summed E-state index contributed by atoms with van der Waals surface area (Å²) < 4.78 is 33.5. The van der Waals surface area contributed by atoms with E-state index in [1.807, 2.05) is 0 Å². The van der Waals surface area contributed by atoms with Gasteiger partial charge in [0.2, 0.25) is 11.8 Å². The van der Waals surface area contributed by atoms with Gasteiger partial charge in [0, 0.05) is 23.2 Å². The number of hydrogen-bond acceptors (Lipinski definition) is 8. The number of nitrogens with one attached hydrogen (secondary N) is 1. The molecule has 2 heterocycles. The highest BCUT2D eigenvalue weighted by Gasteiger charge is 2.70. The van der Waals surface area contributed by atoms with Gasteiger partial charge in [-0.05, 0) is 19.4 Å². The number of nitrogens with two attached hydrogens (primary N) is 2. The van der Waals surface area contributed by atoms with Crippen LogP contribution < -0.4 is 21.5 Å². The number of benzene rings is 1. The zero-order valence-electron chi connectivity index (χ0n) is 17.3. The van der Waals surface area contributed by atoms with Gasteiger partial charge in [0.1, 0.15) is 10.4 Å². The van der Waals surface area contributed by atoms with Gasteiger partial charge in [-0.2, -0.15) is 0 Å². The molecular formula is C21H18F2N6O3S. The Morgan fingerprint density at radius 1 is 1.36 bits per heavy atom. The third-order valence-corrected chi connectivity index (χ3v) is 6.95. The van der Waals surface area contributed by atoms with Gasteiger partial charge < -0.3 is 21.5 Å². The number of ether oxygens (including phenoxy) is 1. The molecule has 1 aromatic carbocycles. The zero-order chi connectivity index (χ0) is 24.0. The van der Waals surface area contributed by atoms with Crippen molar-refractivity contribution in [2.45, 2.75) is 23.6 Å². The van der Waals surface area contributed by atoms with Gasteiger partial charge >= 0.3 is 0 Å². The van der Waals surface area contributed by atoms with E-state index in [9.17, 15) is 18.4 Å². The van der Waals surface area contributed by atoms with Crippen LogP contribution in [0, 0.1) is 29.9 Å². The number of primary amides is 1. The maximum Gasteiger partial charge on any atom is 0.275 e. The molecule has 1 aliphatic heterocycles. The van der Waals surface area contributed by atoms with Gasteiger partial charge in [-0.25, -0.2) is 18.7 Å². The third-order valence-electron chi connectivity index (χ3n) is 5.63. The first-order valence-electron chi connectivity index (χ1n) is 9.64. The van der Waals surface area contributed by atoms with E-state index in [1.165, 1.54) is 12.3 Å². The summed E-state index contributed by atoms with van der Waals surface area (Å²) >= 11 is 1.03. The van der Waals surface area contributed by atoms with E-state index in [0.29, 0.717) is 6.42 Å². The molecule has 5 N–H and O–H groups in total. The van der Waals surface area contributed by atoms with Crippen LogP contribution >= 0.6 is 11.8 Å². The van der Waals surface area contributed by atoms with Crippen molar-refractivity contribution in [1.29, 1.82) is 0 Å². The molecule has 2 aliphatic rings. The largest absolute Gasteiger partial charge is 0.463 e. The predicted octanol–water partition coefficient (Wildman–Crippen LogP) is 1.54. The lowest BCUT2D eigenvalue weighted by molar-refractivity contribution is -0.118. The second-order valence-electron chi connectivity index (χ2n) is 7.72. The van der Waals surface area contributed by atoms with E-state index < -0.39 is 39.7 Å². The highest BCUT2D eigenvalue weighted by atomic mass is 32.2. The highest BCUT2D eigenvalue weighted by Crippen LogP contribution is 2.65. The van der Waals surface area contributed by atoms with E-state index in [4.69, 9.17) is 22.6 Å². The van der Waals surface area contributed by atoms with Crippen molar-refractivity contribution in [2.75, 3.05) is 11.9 Å². The number of anilines is 1. The fourth-order valence-corrected chi connectivity index (χ4v) is 5.28. The van der Waals surface area contributed by atoms with E-state index in [-0.39, 0.29) is 34.6 Å². The fourth-order valence-electron chi connectivity index (χ4n) is 3.94. The molecule has 9 nitrogen and oxygen atoms in total. The summed E-state index contributed by atoms with van der Waals surface area (Å²) in [7, 11) is 0. The van der Waals surface area contributed by atoms with Crippen LogP contribution in [0.1, 0.15) is 29.4 Å². The van der Waals surface area contributed by atoms with Crippen molar-refractivity contribution < 1.29 is 23.1 Å². The number of hydrogen-bond donors (Lipinski definition) is 3. The molecule has 1 aliphatic carbocycles. The fraction of sp³-hybridized carbons (Fsp3) is 0.286. The molecule has 3 atom stereocenters. The minimum absolute atomic E-state index is 0.0137. The zero-order valence-corrected chi connectivity index (χ0v) is 18.1. The first kappa shape index (κ1) is 22.5. The van der Waals surface area contributed by atoms with E-state index in [2.05, 4.69) is 26.2 Å². The van der Waals surface area contributed by atoms with Crippen molar-refractivity contribution in [2.24, 2.45) is 22.4 Å². The van der Waals surface area contributed by atoms with Crippen molar-refractivity contribution in [3.8, 4) is 18.2 Å². The summed E-state index contributed by atoms with van der Waals surface area (Å²) in [5.41, 5.74) is 9.80. The Morgan fingerprint density at radius 2 is 2.12 bits per heavy atom. The van der Waals surface area contributed by atoms with Crippen molar-refractivity contribution in [3.63, 3.8) is 0 Å². The number of aromatic nitrogens is 2. The van der Waals surface area contributed by atoms with Crippen LogP contribution in [0.15, 0.2) is 29.5 Å². The average Bonchev–Trinajstić information content (AvgIpc) is 3.52. The molecule has 0 saturated heterocycles. The summed E-state index contributed by atoms with van der Waals surface area (Å²) in [6, 6.07) is 2.09. The first-order chi connectivity index (χ1) is 15.6. The number of nitrogens with zero attached hydrogens (tertiary/aromatic N) is 3. The Kier molecular flexibility index (Phi) is 5.45. The molecule has 0 spiro atoms. The highest BCUT2D eigenvalue weighted by molar-refractivity contribution is 8.15. The molecule has 1 saturated carbocycles. The number of halogens is 2. The second-order valence-corrected chi connectivity index (χ2v) is 9.07. The molecule has 0 radical (unpaired) electrons. The molecule has 1 fully saturated rings. The molecule has 2 amide bonds. The molecule has 2 aromatic rings. The Bertz CT molecular complexity index is 1230. The first-order valence-corrected chi connectivity index (χ1v) is 10.5. The molecule has 170 valence electrons. The minimum atomic E-state index is -1.36. The summed E-state index contributed by atoms with van der Waals surface area (Å²) in [6.45, 7) is 1.54. The van der Waals surface area contributed by atoms with Crippen LogP contribution in [-0.4, -0.2) is 38.3 Å². The molecule has 0 unspecified atom stereocenters. The lowest BCUT2D eigenvalue weighted by atomic mass is 9.85. The number of fused-ring (bicyclic) bond motifs is 1. The normalized spacial score (nSPS) is 25.3. The van der Waals surface area contributed by atoms with Gasteiger partial charge in [-0.1, -0.05) is 17.7 Å². The topological polar surface area (TPSA) is 146 Å². The Hall–Kier alpha value is -3.72. The van der Waals surface area contributed by atoms with E-state index in [1.54, 1.807) is 6.92 Å². The number of amides is 2. The summed E-state index contributed by atoms with van der Waals surface area (Å²) in [5.74, 6) is -1.76. The van der Waals surface area contributed by atoms with Gasteiger partial charge in [-0.15, -0.1) is 6.42 Å². The standard InChI is InChI=1S/C21H18F2N6O3S/c1-3-4-32-15-9-26-13(8-27-15)17(30)28-10-5-11(16(23)12(22)6-10)20(2)14-7-21(14,18(24)31)33-19(25)29-20/h1,5-6,8-9,14H,4,7H2,2H3,(H2,24,31)(H2,25,29)(H,28,30)/t14-,20+,21-/m0/s1. The summed E-state index contributed by atoms with van der Waals surface area (Å²) in [4.78, 5) is 36.7. The maximum absolute atomic E-state index is 14.9. The SMILES string of the molecule is C#CCOc1cnc(C(=O)Nc2cc(F)c(F)c([C@@]3(C)N=C(N)S[C@@]4(C(N)=O)C[C@H]43)c2)cn1. The van der Waals surface area contributed by atoms with Gasteiger partial charge in [0.05, 0.1) is 17.9 Å². The molecule has 0 bridgehead atoms. The number of thioether (sulfide) groups is 1. The monoisotopic (exact) mass is 472 g/mol. The molecular weight excluding hydrogens is 454 g/mol. The van der Waals surface area contributed by atoms with E-state index in [0.717, 1.165) is 24.0 Å². The van der Waals surface area contributed by atoms with Gasteiger partial charge in [-0.3, -0.25) is 14.6 Å². The minimum Gasteiger partial charge on any atom is -0.463 e. The number of amidine groups is 1. The van der Waals surface area contributed by atoms with Crippen LogP contribution in [0.25, 0.3) is 0 Å². The van der Waals surface area contributed by atoms with Crippen LogP contribution in [0.4, 0.5) is 14.5 Å². The molecule has 12 heteroatoms. The Labute approximate surface area is 191 Å². The van der Waals surface area contributed by atoms with Crippen molar-refractivity contribution in [3.05, 3.63) is 47.4 Å². The number of carbonyl (C=O) groups excluding carboxylic acids is 2. The Morgan fingerprint density at radius 3 is 2.76 bits per heavy atom. The maximum atomic E-state index is 14.9. The number of aliphatic imine (C=N–C) groups is 1. The predicted molar refractivity (Wildman–Crippen MR) is 117 cm³/mol. The van der Waals surface area contributed by atoms with Crippen LogP contribution in [0.3, 0.4) is 0 Å². The van der Waals surface area contributed by atoms with Gasteiger partial charge in [0.25, 0.3) is 5.91 Å². The van der Waals surface area contributed by atoms with Crippen LogP contribution in [0.5, 0.6) is 5.88 Å². The number of terminal acetylenes is 1. The summed E-state index contributed by atoms with van der Waals surface area (Å²) in [6.07, 6.45) is 7.77. The molecule has 1 aromatic heterocycles. The van der Waals surface area contributed by atoms with Crippen molar-refractivity contribution >= 4 is 34.4 Å². The lowest BCUT2D eigenvalue weighted by Gasteiger charge is -2.33. The van der Waals surface area contributed by atoms with Crippen LogP contribution in [0.2, 0.25) is 0 Å². The van der Waals surface area contributed by atoms with Crippen LogP contribution in [-0.2, 0) is 10.3 Å². The molecule has 4 rings (SSSR count). The lowest BCUT2D eigenvalue weighted by Crippen LogP contribution is -2.42. The van der Waals surface area contributed by atoms with E-state index >= 15 is 0 Å². The smallest absolute Gasteiger partial charge is 0.275 e.